The number of fused-ring (bicyclic) bond motifs is 1. The fourth-order valence-electron chi connectivity index (χ4n) is 5.01. The van der Waals surface area contributed by atoms with Gasteiger partial charge in [-0.15, -0.1) is 0 Å². The molecule has 3 aromatic heterocycles. The lowest BCUT2D eigenvalue weighted by Gasteiger charge is -2.26. The van der Waals surface area contributed by atoms with E-state index in [2.05, 4.69) is 39.2 Å². The SMILES string of the molecule is CC1(c2[nH]ncc2-c2cn([C@@H]3C[C@H](CN)[C@@H](O)[C@H]3O)c3ncnc(N)c23)C=CC=CC1. The molecule has 5 atom stereocenters. The van der Waals surface area contributed by atoms with Crippen LogP contribution in [0.2, 0.25) is 0 Å². The lowest BCUT2D eigenvalue weighted by Crippen LogP contribution is -2.31. The summed E-state index contributed by atoms with van der Waals surface area (Å²) in [4.78, 5) is 8.69. The number of nitrogens with two attached hydrogens (primary N) is 2. The van der Waals surface area contributed by atoms with Crippen LogP contribution in [0.15, 0.2) is 43.0 Å². The van der Waals surface area contributed by atoms with Crippen LogP contribution < -0.4 is 11.5 Å². The first kappa shape index (κ1) is 19.9. The molecule has 7 N–H and O–H groups in total. The maximum absolute atomic E-state index is 10.7. The fourth-order valence-corrected chi connectivity index (χ4v) is 5.01. The molecule has 3 aromatic rings. The van der Waals surface area contributed by atoms with E-state index < -0.39 is 12.2 Å². The predicted octanol–water partition coefficient (Wildman–Crippen LogP) is 1.42. The molecule has 1 fully saturated rings. The lowest BCUT2D eigenvalue weighted by atomic mass is 9.78. The Morgan fingerprint density at radius 2 is 2.06 bits per heavy atom. The number of aliphatic hydroxyl groups is 2. The van der Waals surface area contributed by atoms with Crippen molar-refractivity contribution in [3.8, 4) is 11.1 Å². The molecule has 5 rings (SSSR count). The number of allylic oxidation sites excluding steroid dienone is 4. The molecule has 0 amide bonds. The van der Waals surface area contributed by atoms with Gasteiger partial charge in [0.1, 0.15) is 23.9 Å². The molecule has 2 aliphatic carbocycles. The summed E-state index contributed by atoms with van der Waals surface area (Å²) < 4.78 is 1.90. The van der Waals surface area contributed by atoms with Crippen LogP contribution in [-0.2, 0) is 5.41 Å². The van der Waals surface area contributed by atoms with Crippen LogP contribution in [0.4, 0.5) is 5.82 Å². The van der Waals surface area contributed by atoms with Crippen molar-refractivity contribution in [1.82, 2.24) is 24.7 Å². The molecule has 3 heterocycles. The molecule has 1 unspecified atom stereocenters. The Kier molecular flexibility index (Phi) is 4.69. The highest BCUT2D eigenvalue weighted by Gasteiger charge is 2.42. The van der Waals surface area contributed by atoms with E-state index in [4.69, 9.17) is 11.5 Å². The lowest BCUT2D eigenvalue weighted by molar-refractivity contribution is 0.00823. The number of nitrogens with zero attached hydrogens (tertiary/aromatic N) is 4. The van der Waals surface area contributed by atoms with Gasteiger partial charge in [0.25, 0.3) is 0 Å². The van der Waals surface area contributed by atoms with E-state index >= 15 is 0 Å². The van der Waals surface area contributed by atoms with Crippen molar-refractivity contribution in [3.05, 3.63) is 48.7 Å². The highest BCUT2D eigenvalue weighted by molar-refractivity contribution is 6.01. The highest BCUT2D eigenvalue weighted by atomic mass is 16.3. The van der Waals surface area contributed by atoms with Gasteiger partial charge in [0.2, 0.25) is 0 Å². The van der Waals surface area contributed by atoms with E-state index in [1.807, 2.05) is 22.9 Å². The van der Waals surface area contributed by atoms with E-state index in [9.17, 15) is 10.2 Å². The molecule has 31 heavy (non-hydrogen) atoms. The largest absolute Gasteiger partial charge is 0.390 e. The van der Waals surface area contributed by atoms with Crippen LogP contribution in [0, 0.1) is 5.92 Å². The van der Waals surface area contributed by atoms with Gasteiger partial charge >= 0.3 is 0 Å². The summed E-state index contributed by atoms with van der Waals surface area (Å²) in [5.74, 6) is 0.182. The van der Waals surface area contributed by atoms with Gasteiger partial charge in [0.05, 0.1) is 29.4 Å². The monoisotopic (exact) mass is 421 g/mol. The van der Waals surface area contributed by atoms with Crippen LogP contribution in [0.5, 0.6) is 0 Å². The highest BCUT2D eigenvalue weighted by Crippen LogP contribution is 2.43. The molecule has 2 aliphatic rings. The standard InChI is InChI=1S/C22H27N7O2/c1-22(5-3-2-4-6-22)19-13(9-27-28-19)14-10-29(21-16(14)20(24)25-11-26-21)15-7-12(8-23)17(30)18(15)31/h2-5,9-12,15,17-18,30-31H,6-8,23H2,1H3,(H,27,28)(H2,24,25,26)/t12-,15-,17-,18+,22?/m1/s1. The minimum Gasteiger partial charge on any atom is -0.390 e. The average molecular weight is 422 g/mol. The maximum atomic E-state index is 10.7. The number of anilines is 1. The second kappa shape index (κ2) is 7.30. The van der Waals surface area contributed by atoms with Gasteiger partial charge in [-0.1, -0.05) is 31.2 Å². The Hall–Kier alpha value is -3.01. The summed E-state index contributed by atoms with van der Waals surface area (Å²) in [5.41, 5.74) is 15.2. The number of rotatable bonds is 4. The summed E-state index contributed by atoms with van der Waals surface area (Å²) in [5, 5.41) is 29.4. The van der Waals surface area contributed by atoms with E-state index in [0.717, 1.165) is 23.2 Å². The van der Waals surface area contributed by atoms with E-state index in [1.54, 1.807) is 6.20 Å². The first-order chi connectivity index (χ1) is 14.9. The zero-order valence-electron chi connectivity index (χ0n) is 17.3. The Balaban J connectivity index is 1.69. The van der Waals surface area contributed by atoms with Gasteiger partial charge in [-0.3, -0.25) is 5.10 Å². The summed E-state index contributed by atoms with van der Waals surface area (Å²) in [6, 6.07) is -0.363. The fraction of sp³-hybridized carbons (Fsp3) is 0.409. The number of H-pyrrole nitrogens is 1. The molecule has 0 spiro atoms. The number of hydrogen-bond acceptors (Lipinski definition) is 7. The minimum absolute atomic E-state index is 0.178. The molecule has 1 saturated carbocycles. The number of aromatic nitrogens is 5. The van der Waals surface area contributed by atoms with Crippen molar-refractivity contribution in [2.24, 2.45) is 11.7 Å². The van der Waals surface area contributed by atoms with Crippen molar-refractivity contribution in [2.45, 2.75) is 43.4 Å². The van der Waals surface area contributed by atoms with Crippen molar-refractivity contribution in [1.29, 1.82) is 0 Å². The first-order valence-corrected chi connectivity index (χ1v) is 10.5. The van der Waals surface area contributed by atoms with Gasteiger partial charge in [0.15, 0.2) is 0 Å². The zero-order valence-corrected chi connectivity index (χ0v) is 17.3. The molecular weight excluding hydrogens is 394 g/mol. The molecule has 162 valence electrons. The third kappa shape index (κ3) is 3.00. The quantitative estimate of drug-likeness (QED) is 0.427. The first-order valence-electron chi connectivity index (χ1n) is 10.5. The Bertz CT molecular complexity index is 1180. The van der Waals surface area contributed by atoms with Crippen LogP contribution >= 0.6 is 0 Å². The molecule has 9 nitrogen and oxygen atoms in total. The van der Waals surface area contributed by atoms with Gasteiger partial charge in [-0.2, -0.15) is 5.10 Å². The number of hydrogen-bond donors (Lipinski definition) is 5. The second-order valence-electron chi connectivity index (χ2n) is 8.76. The predicted molar refractivity (Wildman–Crippen MR) is 118 cm³/mol. The van der Waals surface area contributed by atoms with E-state index in [0.29, 0.717) is 29.8 Å². The minimum atomic E-state index is -0.944. The third-order valence-corrected chi connectivity index (χ3v) is 6.82. The maximum Gasteiger partial charge on any atom is 0.146 e. The van der Waals surface area contributed by atoms with E-state index in [-0.39, 0.29) is 17.4 Å². The average Bonchev–Trinajstić information content (AvgIpc) is 3.46. The zero-order chi connectivity index (χ0) is 21.8. The van der Waals surface area contributed by atoms with Crippen molar-refractivity contribution < 1.29 is 10.2 Å². The van der Waals surface area contributed by atoms with Gasteiger partial charge in [-0.05, 0) is 19.4 Å². The van der Waals surface area contributed by atoms with Crippen LogP contribution in [-0.4, -0.2) is 53.7 Å². The van der Waals surface area contributed by atoms with Gasteiger partial charge in [0, 0.05) is 28.7 Å². The third-order valence-electron chi connectivity index (χ3n) is 6.82. The molecule has 0 bridgehead atoms. The topological polar surface area (TPSA) is 152 Å². The molecule has 0 aliphatic heterocycles. The summed E-state index contributed by atoms with van der Waals surface area (Å²) >= 11 is 0. The Labute approximate surface area is 179 Å². The van der Waals surface area contributed by atoms with Crippen molar-refractivity contribution >= 4 is 16.9 Å². The molecule has 0 saturated heterocycles. The normalized spacial score (nSPS) is 30.5. The van der Waals surface area contributed by atoms with E-state index in [1.165, 1.54) is 6.33 Å². The van der Waals surface area contributed by atoms with Crippen LogP contribution in [0.25, 0.3) is 22.2 Å². The number of aromatic amines is 1. The smallest absolute Gasteiger partial charge is 0.146 e. The Morgan fingerprint density at radius 1 is 1.23 bits per heavy atom. The molecular formula is C22H27N7O2. The summed E-state index contributed by atoms with van der Waals surface area (Å²) in [6.45, 7) is 2.47. The van der Waals surface area contributed by atoms with Crippen molar-refractivity contribution in [3.63, 3.8) is 0 Å². The molecule has 0 aromatic carbocycles. The number of nitrogens with one attached hydrogen (secondary N) is 1. The van der Waals surface area contributed by atoms with Gasteiger partial charge < -0.3 is 26.2 Å². The number of aliphatic hydroxyl groups excluding tert-OH is 2. The summed E-state index contributed by atoms with van der Waals surface area (Å²) in [7, 11) is 0. The van der Waals surface area contributed by atoms with Gasteiger partial charge in [-0.25, -0.2) is 9.97 Å². The molecule has 9 heteroatoms. The number of nitrogen functional groups attached to an aromatic ring is 1. The molecule has 0 radical (unpaired) electrons. The van der Waals surface area contributed by atoms with Crippen LogP contribution in [0.3, 0.4) is 0 Å². The van der Waals surface area contributed by atoms with Crippen molar-refractivity contribution in [2.75, 3.05) is 12.3 Å². The van der Waals surface area contributed by atoms with Crippen LogP contribution in [0.1, 0.15) is 31.5 Å². The summed E-state index contributed by atoms with van der Waals surface area (Å²) in [6.07, 6.45) is 13.1. The second-order valence-corrected chi connectivity index (χ2v) is 8.76. The Morgan fingerprint density at radius 3 is 2.77 bits per heavy atom.